The average molecular weight is 924 g/mol. The van der Waals surface area contributed by atoms with Gasteiger partial charge < -0.3 is 59.1 Å². The lowest BCUT2D eigenvalue weighted by atomic mass is 9.82. The molecule has 0 saturated heterocycles. The number of hydrogen-bond acceptors (Lipinski definition) is 13. The first-order valence-corrected chi connectivity index (χ1v) is 23.1. The van der Waals surface area contributed by atoms with E-state index < -0.39 is 24.7 Å². The molecule has 17 nitrogen and oxygen atoms in total. The van der Waals surface area contributed by atoms with Crippen LogP contribution >= 0.6 is 7.60 Å². The number of nitrogens with one attached hydrogen (secondary N) is 4. The fourth-order valence-corrected chi connectivity index (χ4v) is 6.44. The molecule has 0 fully saturated rings. The van der Waals surface area contributed by atoms with Crippen LogP contribution in [0.25, 0.3) is 11.1 Å². The molecule has 2 rings (SSSR count). The van der Waals surface area contributed by atoms with E-state index in [1.54, 1.807) is 48.5 Å². The Bertz CT molecular complexity index is 1780. The second-order valence-corrected chi connectivity index (χ2v) is 17.0. The summed E-state index contributed by atoms with van der Waals surface area (Å²) in [5.41, 5.74) is -0.100. The lowest BCUT2D eigenvalue weighted by Gasteiger charge is -2.35. The molecule has 2 aromatic carbocycles. The van der Waals surface area contributed by atoms with Crippen LogP contribution in [0.15, 0.2) is 48.5 Å². The van der Waals surface area contributed by atoms with E-state index in [4.69, 9.17) is 52.2 Å². The molecule has 65 heavy (non-hydrogen) atoms. The fraction of sp³-hybridized carbons (Fsp3) is 0.532. The summed E-state index contributed by atoms with van der Waals surface area (Å²) in [5, 5.41) is 11.5. The van der Waals surface area contributed by atoms with E-state index in [-0.39, 0.29) is 127 Å². The average Bonchev–Trinajstić information content (AvgIpc) is 3.29. The van der Waals surface area contributed by atoms with Crippen molar-refractivity contribution in [1.29, 1.82) is 0 Å². The van der Waals surface area contributed by atoms with E-state index in [1.807, 2.05) is 0 Å². The molecule has 0 saturated carbocycles. The van der Waals surface area contributed by atoms with E-state index in [9.17, 15) is 28.6 Å². The zero-order valence-corrected chi connectivity index (χ0v) is 38.4. The maximum absolute atomic E-state index is 14.1. The first-order valence-electron chi connectivity index (χ1n) is 21.4. The highest BCUT2D eigenvalue weighted by atomic mass is 31.2. The first-order chi connectivity index (χ1) is 31.3. The van der Waals surface area contributed by atoms with Crippen molar-refractivity contribution in [3.8, 4) is 53.9 Å². The number of terminal acetylenes is 3. The van der Waals surface area contributed by atoms with Crippen molar-refractivity contribution in [2.24, 2.45) is 0 Å². The van der Waals surface area contributed by atoms with Gasteiger partial charge in [-0.25, -0.2) is 0 Å². The number of carbonyl (C=O) groups is 4. The van der Waals surface area contributed by atoms with E-state index in [0.29, 0.717) is 39.6 Å². The number of amides is 4. The Morgan fingerprint density at radius 2 is 0.938 bits per heavy atom. The van der Waals surface area contributed by atoms with Crippen LogP contribution in [-0.2, 0) is 47.4 Å². The molecule has 1 unspecified atom stereocenters. The molecular weight excluding hydrogens is 860 g/mol. The van der Waals surface area contributed by atoms with Crippen molar-refractivity contribution in [3.63, 3.8) is 0 Å². The maximum atomic E-state index is 14.1. The Morgan fingerprint density at radius 3 is 1.29 bits per heavy atom. The number of hydrogen-bond donors (Lipinski definition) is 4. The van der Waals surface area contributed by atoms with Gasteiger partial charge in [0.05, 0.1) is 59.5 Å². The first kappa shape index (κ1) is 55.9. The molecular formula is C47H64N4O13P-. The van der Waals surface area contributed by atoms with Crippen LogP contribution in [-0.4, -0.2) is 134 Å². The van der Waals surface area contributed by atoms with E-state index in [2.05, 4.69) is 39.0 Å². The van der Waals surface area contributed by atoms with E-state index in [0.717, 1.165) is 11.1 Å². The maximum Gasteiger partial charge on any atom is 0.251 e. The third-order valence-corrected chi connectivity index (χ3v) is 11.2. The zero-order valence-electron chi connectivity index (χ0n) is 37.5. The number of ether oxygens (including phenoxy) is 6. The molecule has 0 aromatic heterocycles. The van der Waals surface area contributed by atoms with E-state index in [1.165, 1.54) is 13.8 Å². The van der Waals surface area contributed by atoms with Gasteiger partial charge in [0.15, 0.2) is 7.60 Å². The number of benzene rings is 2. The van der Waals surface area contributed by atoms with Crippen molar-refractivity contribution in [2.75, 3.05) is 98.9 Å². The third kappa shape index (κ3) is 25.1. The van der Waals surface area contributed by atoms with Gasteiger partial charge >= 0.3 is 0 Å². The summed E-state index contributed by atoms with van der Waals surface area (Å²) >= 11 is 0. The van der Waals surface area contributed by atoms with E-state index >= 15 is 0 Å². The summed E-state index contributed by atoms with van der Waals surface area (Å²) in [6, 6.07) is 13.3. The monoisotopic (exact) mass is 923 g/mol. The fourth-order valence-electron chi connectivity index (χ4n) is 5.81. The summed E-state index contributed by atoms with van der Waals surface area (Å²) in [4.78, 5) is 65.9. The molecule has 0 bridgehead atoms. The molecule has 0 aliphatic rings. The second-order valence-electron chi connectivity index (χ2n) is 14.7. The second kappa shape index (κ2) is 33.3. The molecule has 0 heterocycles. The normalized spacial score (nSPS) is 12.0. The highest BCUT2D eigenvalue weighted by Gasteiger charge is 2.34. The molecule has 18 heteroatoms. The van der Waals surface area contributed by atoms with Crippen LogP contribution in [0, 0.1) is 37.0 Å². The Labute approximate surface area is 383 Å². The van der Waals surface area contributed by atoms with Crippen LogP contribution in [0.4, 0.5) is 0 Å². The van der Waals surface area contributed by atoms with Crippen molar-refractivity contribution < 1.29 is 61.6 Å². The van der Waals surface area contributed by atoms with Crippen LogP contribution in [0.1, 0.15) is 62.7 Å². The van der Waals surface area contributed by atoms with Crippen molar-refractivity contribution in [2.45, 2.75) is 63.6 Å². The van der Waals surface area contributed by atoms with Gasteiger partial charge in [0.2, 0.25) is 17.7 Å². The van der Waals surface area contributed by atoms with Crippen molar-refractivity contribution in [1.82, 2.24) is 21.3 Å². The minimum absolute atomic E-state index is 0.0441. The minimum Gasteiger partial charge on any atom is -0.769 e. The van der Waals surface area contributed by atoms with Crippen LogP contribution < -0.4 is 30.7 Å². The quantitative estimate of drug-likeness (QED) is 0.0440. The Hall–Kier alpha value is -5.25. The summed E-state index contributed by atoms with van der Waals surface area (Å²) in [6.07, 6.45) is 15.7. The summed E-state index contributed by atoms with van der Waals surface area (Å²) in [5.74, 6) is 5.85. The van der Waals surface area contributed by atoms with Gasteiger partial charge in [0.25, 0.3) is 5.91 Å². The standard InChI is InChI=1S/C47H65N4O13P/c1-6-26-58-32-35-61-29-23-48-43(52)17-20-47(21-18-44(53)49-24-30-62-36-33-59-27-7-2,22-19-45(54)50-25-31-63-37-34-60-28-8-3)51-46(55)41-11-9-39(10-12-41)40-13-15-42(16-14-40)64-65(56,57)38(4)5/h1-3,9-16,38H,17-37H2,4-5H3,(H,48,52)(H,49,53)(H,50,54)(H,51,55)(H,56,57)/p-1. The molecule has 0 spiro atoms. The molecule has 0 aliphatic heterocycles. The lowest BCUT2D eigenvalue weighted by molar-refractivity contribution is -0.192. The SMILES string of the molecule is C#CCOCCOCCNC(=O)CCC(CCC(=O)NCCOCCOCC#C)(CCC(=O)NCCOCCOCC#C)NC(=O)c1ccc(-c2ccc(OP(=O)([O-])C(C)C)cc2)cc1. The van der Waals surface area contributed by atoms with Gasteiger partial charge in [-0.2, -0.15) is 0 Å². The molecule has 1 atom stereocenters. The molecule has 0 radical (unpaired) electrons. The van der Waals surface area contributed by atoms with Gasteiger partial charge in [-0.1, -0.05) is 55.9 Å². The van der Waals surface area contributed by atoms with Gasteiger partial charge in [0.1, 0.15) is 25.6 Å². The predicted octanol–water partition coefficient (Wildman–Crippen LogP) is 2.85. The Kier molecular flexibility index (Phi) is 28.6. The summed E-state index contributed by atoms with van der Waals surface area (Å²) in [7, 11) is -4.08. The van der Waals surface area contributed by atoms with Gasteiger partial charge in [-0.3, -0.25) is 23.7 Å². The highest BCUT2D eigenvalue weighted by Crippen LogP contribution is 2.43. The lowest BCUT2D eigenvalue weighted by Crippen LogP contribution is -2.50. The topological polar surface area (TPSA) is 221 Å². The highest BCUT2D eigenvalue weighted by molar-refractivity contribution is 7.52. The van der Waals surface area contributed by atoms with Gasteiger partial charge in [0, 0.05) is 55.7 Å². The molecule has 356 valence electrons. The van der Waals surface area contributed by atoms with Crippen LogP contribution in [0.2, 0.25) is 0 Å². The smallest absolute Gasteiger partial charge is 0.251 e. The largest absolute Gasteiger partial charge is 0.769 e. The summed E-state index contributed by atoms with van der Waals surface area (Å²) < 4.78 is 49.5. The molecule has 0 aliphatic carbocycles. The number of carbonyl (C=O) groups excluding carboxylic acids is 4. The minimum atomic E-state index is -4.08. The number of rotatable bonds is 36. The van der Waals surface area contributed by atoms with Gasteiger partial charge in [-0.05, 0) is 54.7 Å². The Balaban J connectivity index is 2.25. The molecule has 4 amide bonds. The predicted molar refractivity (Wildman–Crippen MR) is 244 cm³/mol. The van der Waals surface area contributed by atoms with Crippen LogP contribution in [0.3, 0.4) is 0 Å². The van der Waals surface area contributed by atoms with Gasteiger partial charge in [-0.15, -0.1) is 19.3 Å². The third-order valence-electron chi connectivity index (χ3n) is 9.45. The summed E-state index contributed by atoms with van der Waals surface area (Å²) in [6.45, 7) is 6.74. The van der Waals surface area contributed by atoms with Crippen LogP contribution in [0.5, 0.6) is 5.75 Å². The molecule has 4 N–H and O–H groups in total. The molecule has 2 aromatic rings. The Morgan fingerprint density at radius 1 is 0.585 bits per heavy atom. The van der Waals surface area contributed by atoms with Crippen molar-refractivity contribution >= 4 is 31.2 Å². The van der Waals surface area contributed by atoms with Crippen molar-refractivity contribution in [3.05, 3.63) is 54.1 Å². The zero-order chi connectivity index (χ0) is 47.6.